The van der Waals surface area contributed by atoms with E-state index in [0.29, 0.717) is 5.47 Å². The summed E-state index contributed by atoms with van der Waals surface area (Å²) >= 11 is 1.56. The van der Waals surface area contributed by atoms with Crippen LogP contribution < -0.4 is 0 Å². The van der Waals surface area contributed by atoms with Gasteiger partial charge in [0.05, 0.1) is 0 Å². The Kier molecular flexibility index (Phi) is 3.47. The molecule has 0 saturated carbocycles. The summed E-state index contributed by atoms with van der Waals surface area (Å²) in [5.74, 6) is 0. The van der Waals surface area contributed by atoms with Crippen molar-refractivity contribution >= 4 is 34.0 Å². The number of thiophene rings is 1. The maximum Gasteiger partial charge on any atom is 0.489 e. The van der Waals surface area contributed by atoms with Gasteiger partial charge in [-0.1, -0.05) is 36.9 Å². The molecular formula is C13H13BO2S. The molecule has 0 aliphatic heterocycles. The number of allylic oxidation sites excluding steroid dienone is 2. The molecule has 0 amide bonds. The zero-order valence-electron chi connectivity index (χ0n) is 9.55. The van der Waals surface area contributed by atoms with Gasteiger partial charge in [-0.05, 0) is 29.4 Å². The van der Waals surface area contributed by atoms with Gasteiger partial charge in [-0.2, -0.15) is 0 Å². The van der Waals surface area contributed by atoms with Crippen molar-refractivity contribution < 1.29 is 10.0 Å². The van der Waals surface area contributed by atoms with Crippen molar-refractivity contribution in [2.45, 2.75) is 6.92 Å². The molecule has 2 nitrogen and oxygen atoms in total. The van der Waals surface area contributed by atoms with E-state index in [4.69, 9.17) is 0 Å². The number of hydrogen-bond donors (Lipinski definition) is 2. The fourth-order valence-corrected chi connectivity index (χ4v) is 3.11. The van der Waals surface area contributed by atoms with Gasteiger partial charge in [0.1, 0.15) is 0 Å². The van der Waals surface area contributed by atoms with Crippen LogP contribution in [0.5, 0.6) is 0 Å². The van der Waals surface area contributed by atoms with Crippen LogP contribution >= 0.6 is 11.3 Å². The average Bonchev–Trinajstić information content (AvgIpc) is 2.64. The lowest BCUT2D eigenvalue weighted by Gasteiger charge is -2.04. The second-order valence-corrected chi connectivity index (χ2v) is 4.84. The van der Waals surface area contributed by atoms with Gasteiger partial charge in [-0.25, -0.2) is 0 Å². The lowest BCUT2D eigenvalue weighted by Crippen LogP contribution is -2.13. The fraction of sp³-hybridized carbons (Fsp3) is 0.0769. The van der Waals surface area contributed by atoms with Crippen molar-refractivity contribution in [3.8, 4) is 0 Å². The van der Waals surface area contributed by atoms with Gasteiger partial charge in [-0.3, -0.25) is 0 Å². The van der Waals surface area contributed by atoms with Crippen LogP contribution in [0.2, 0.25) is 0 Å². The number of benzene rings is 1. The number of rotatable bonds is 3. The molecule has 4 heteroatoms. The van der Waals surface area contributed by atoms with E-state index in [1.54, 1.807) is 23.5 Å². The van der Waals surface area contributed by atoms with Crippen molar-refractivity contribution in [3.05, 3.63) is 53.4 Å². The molecule has 0 spiro atoms. The van der Waals surface area contributed by atoms with Crippen LogP contribution in [0.15, 0.2) is 43.0 Å². The predicted octanol–water partition coefficient (Wildman–Crippen LogP) is 2.79. The van der Waals surface area contributed by atoms with Crippen LogP contribution in [-0.4, -0.2) is 17.2 Å². The van der Waals surface area contributed by atoms with Crippen LogP contribution in [-0.2, 0) is 0 Å². The van der Waals surface area contributed by atoms with E-state index in [-0.39, 0.29) is 0 Å². The highest BCUT2D eigenvalue weighted by atomic mass is 32.1. The number of fused-ring (bicyclic) bond motifs is 1. The van der Waals surface area contributed by atoms with E-state index in [1.165, 1.54) is 0 Å². The molecule has 1 heterocycles. The highest BCUT2D eigenvalue weighted by Crippen LogP contribution is 2.35. The zero-order chi connectivity index (χ0) is 12.4. The summed E-state index contributed by atoms with van der Waals surface area (Å²) in [4.78, 5) is 0.904. The molecule has 17 heavy (non-hydrogen) atoms. The van der Waals surface area contributed by atoms with Crippen LogP contribution in [0.1, 0.15) is 10.4 Å². The maximum atomic E-state index is 9.39. The Labute approximate surface area is 105 Å². The molecule has 0 aliphatic carbocycles. The van der Waals surface area contributed by atoms with E-state index >= 15 is 0 Å². The molecule has 0 saturated heterocycles. The quantitative estimate of drug-likeness (QED) is 0.643. The molecule has 1 aromatic heterocycles. The smallest absolute Gasteiger partial charge is 0.423 e. The lowest BCUT2D eigenvalue weighted by atomic mass is 9.77. The SMILES string of the molecule is C=C/C=C(/B(O)O)c1sc2ccccc2c1C. The molecule has 0 bridgehead atoms. The molecule has 2 aromatic rings. The number of aryl methyl sites for hydroxylation is 1. The molecular weight excluding hydrogens is 231 g/mol. The lowest BCUT2D eigenvalue weighted by molar-refractivity contribution is 0.427. The molecule has 0 radical (unpaired) electrons. The average molecular weight is 244 g/mol. The largest absolute Gasteiger partial charge is 0.489 e. The Hall–Kier alpha value is -1.36. The Morgan fingerprint density at radius 3 is 2.65 bits per heavy atom. The Morgan fingerprint density at radius 2 is 2.06 bits per heavy atom. The minimum Gasteiger partial charge on any atom is -0.423 e. The second-order valence-electron chi connectivity index (χ2n) is 3.78. The van der Waals surface area contributed by atoms with Gasteiger partial charge in [0.25, 0.3) is 0 Å². The molecule has 2 rings (SSSR count). The third-order valence-electron chi connectivity index (χ3n) is 2.68. The third kappa shape index (κ3) is 2.20. The highest BCUT2D eigenvalue weighted by molar-refractivity contribution is 7.21. The summed E-state index contributed by atoms with van der Waals surface area (Å²) in [5.41, 5.74) is 1.57. The van der Waals surface area contributed by atoms with Gasteiger partial charge in [-0.15, -0.1) is 11.3 Å². The van der Waals surface area contributed by atoms with Gasteiger partial charge in [0.15, 0.2) is 0 Å². The van der Waals surface area contributed by atoms with Crippen molar-refractivity contribution in [1.29, 1.82) is 0 Å². The Morgan fingerprint density at radius 1 is 1.35 bits per heavy atom. The minimum absolute atomic E-state index is 0.499. The summed E-state index contributed by atoms with van der Waals surface area (Å²) < 4.78 is 1.15. The van der Waals surface area contributed by atoms with Crippen molar-refractivity contribution in [2.24, 2.45) is 0 Å². The third-order valence-corrected chi connectivity index (χ3v) is 4.00. The van der Waals surface area contributed by atoms with Gasteiger partial charge >= 0.3 is 7.12 Å². The van der Waals surface area contributed by atoms with E-state index in [0.717, 1.165) is 20.5 Å². The molecule has 86 valence electrons. The Balaban J connectivity index is 2.66. The molecule has 2 N–H and O–H groups in total. The van der Waals surface area contributed by atoms with Crippen LogP contribution in [0.25, 0.3) is 15.6 Å². The van der Waals surface area contributed by atoms with Gasteiger partial charge in [0.2, 0.25) is 0 Å². The molecule has 1 aromatic carbocycles. The standard InChI is InChI=1S/C13H13BO2S/c1-3-6-11(14(15)16)13-9(2)10-7-4-5-8-12(10)17-13/h3-8,15-16H,1H2,2H3/b11-6+. The van der Waals surface area contributed by atoms with Crippen molar-refractivity contribution in [1.82, 2.24) is 0 Å². The molecule has 0 atom stereocenters. The van der Waals surface area contributed by atoms with Crippen LogP contribution in [0, 0.1) is 6.92 Å². The first kappa shape index (κ1) is 12.1. The fourth-order valence-electron chi connectivity index (χ4n) is 1.86. The summed E-state index contributed by atoms with van der Waals surface area (Å²) in [6, 6.07) is 8.04. The molecule has 0 unspecified atom stereocenters. The summed E-state index contributed by atoms with van der Waals surface area (Å²) in [6.07, 6.45) is 3.21. The van der Waals surface area contributed by atoms with Gasteiger partial charge in [0, 0.05) is 9.58 Å². The van der Waals surface area contributed by atoms with Crippen molar-refractivity contribution in [3.63, 3.8) is 0 Å². The van der Waals surface area contributed by atoms with Crippen molar-refractivity contribution in [2.75, 3.05) is 0 Å². The Bertz CT molecular complexity index is 584. The second kappa shape index (κ2) is 4.88. The van der Waals surface area contributed by atoms with E-state index in [1.807, 2.05) is 31.2 Å². The molecule has 0 fully saturated rings. The normalized spacial score (nSPS) is 11.8. The van der Waals surface area contributed by atoms with Gasteiger partial charge < -0.3 is 10.0 Å². The predicted molar refractivity (Wildman–Crippen MR) is 74.9 cm³/mol. The topological polar surface area (TPSA) is 40.5 Å². The van der Waals surface area contributed by atoms with Crippen LogP contribution in [0.4, 0.5) is 0 Å². The minimum atomic E-state index is -1.47. The first-order chi connectivity index (χ1) is 8.15. The highest BCUT2D eigenvalue weighted by Gasteiger charge is 2.20. The first-order valence-electron chi connectivity index (χ1n) is 5.32. The number of hydrogen-bond acceptors (Lipinski definition) is 3. The van der Waals surface area contributed by atoms with E-state index in [9.17, 15) is 10.0 Å². The van der Waals surface area contributed by atoms with Crippen LogP contribution in [0.3, 0.4) is 0 Å². The summed E-state index contributed by atoms with van der Waals surface area (Å²) in [7, 11) is -1.47. The zero-order valence-corrected chi connectivity index (χ0v) is 10.4. The summed E-state index contributed by atoms with van der Waals surface area (Å²) in [5, 5.41) is 19.9. The molecule has 0 aliphatic rings. The monoisotopic (exact) mass is 244 g/mol. The van der Waals surface area contributed by atoms with E-state index < -0.39 is 7.12 Å². The van der Waals surface area contributed by atoms with E-state index in [2.05, 4.69) is 6.58 Å². The first-order valence-corrected chi connectivity index (χ1v) is 6.14. The summed E-state index contributed by atoms with van der Waals surface area (Å²) in [6.45, 7) is 5.59. The maximum absolute atomic E-state index is 9.39.